The van der Waals surface area contributed by atoms with Gasteiger partial charge < -0.3 is 10.1 Å². The summed E-state index contributed by atoms with van der Waals surface area (Å²) in [5.74, 6) is 2.62. The van der Waals surface area contributed by atoms with Crippen molar-refractivity contribution >= 4 is 5.82 Å². The molecule has 1 heterocycles. The van der Waals surface area contributed by atoms with E-state index in [0.717, 1.165) is 36.6 Å². The van der Waals surface area contributed by atoms with E-state index in [-0.39, 0.29) is 0 Å². The van der Waals surface area contributed by atoms with Crippen molar-refractivity contribution in [2.24, 2.45) is 5.92 Å². The zero-order chi connectivity index (χ0) is 14.3. The van der Waals surface area contributed by atoms with Gasteiger partial charge in [0.1, 0.15) is 12.1 Å². The van der Waals surface area contributed by atoms with Crippen LogP contribution in [0.5, 0.6) is 5.88 Å². The van der Waals surface area contributed by atoms with Crippen LogP contribution in [0, 0.1) is 5.92 Å². The monoisotopic (exact) mass is 265 g/mol. The van der Waals surface area contributed by atoms with Crippen molar-refractivity contribution < 1.29 is 4.74 Å². The Labute approximate surface area is 117 Å². The van der Waals surface area contributed by atoms with Gasteiger partial charge in [-0.3, -0.25) is 0 Å². The minimum atomic E-state index is 0.342. The molecular formula is C15H27N3O. The Morgan fingerprint density at radius 1 is 1.21 bits per heavy atom. The third kappa shape index (κ3) is 5.05. The molecule has 0 saturated heterocycles. The van der Waals surface area contributed by atoms with Gasteiger partial charge in [-0.25, -0.2) is 9.97 Å². The first-order valence-corrected chi connectivity index (χ1v) is 7.27. The van der Waals surface area contributed by atoms with Crippen LogP contribution in [0.1, 0.15) is 58.9 Å². The highest BCUT2D eigenvalue weighted by Crippen LogP contribution is 2.30. The number of nitrogens with one attached hydrogen (secondary N) is 1. The molecule has 1 rings (SSSR count). The predicted octanol–water partition coefficient (Wildman–Crippen LogP) is 3.85. The number of nitrogens with zero attached hydrogens (tertiary/aromatic N) is 2. The van der Waals surface area contributed by atoms with E-state index in [9.17, 15) is 0 Å². The molecule has 0 radical (unpaired) electrons. The van der Waals surface area contributed by atoms with Crippen LogP contribution < -0.4 is 10.1 Å². The molecule has 4 nitrogen and oxygen atoms in total. The van der Waals surface area contributed by atoms with Gasteiger partial charge in [-0.1, -0.05) is 34.6 Å². The Kier molecular flexibility index (Phi) is 6.60. The first-order valence-electron chi connectivity index (χ1n) is 7.27. The molecule has 0 amide bonds. The lowest BCUT2D eigenvalue weighted by atomic mass is 10.1. The topological polar surface area (TPSA) is 47.0 Å². The zero-order valence-corrected chi connectivity index (χ0v) is 12.9. The van der Waals surface area contributed by atoms with Crippen molar-refractivity contribution in [3.05, 3.63) is 11.9 Å². The molecule has 0 unspecified atom stereocenters. The van der Waals surface area contributed by atoms with E-state index in [1.54, 1.807) is 6.33 Å². The molecule has 0 aliphatic heterocycles. The molecule has 108 valence electrons. The van der Waals surface area contributed by atoms with Gasteiger partial charge in [0.15, 0.2) is 0 Å². The van der Waals surface area contributed by atoms with Crippen molar-refractivity contribution in [3.63, 3.8) is 0 Å². The fourth-order valence-electron chi connectivity index (χ4n) is 1.79. The van der Waals surface area contributed by atoms with Gasteiger partial charge in [-0.2, -0.15) is 0 Å². The first kappa shape index (κ1) is 15.7. The van der Waals surface area contributed by atoms with Crippen molar-refractivity contribution in [1.82, 2.24) is 9.97 Å². The standard InChI is InChI=1S/C15H27N3O/c1-6-8-16-14-13(12(4)5)15(18-10-17-14)19-9-7-11(2)3/h10-12H,6-9H2,1-5H3,(H,16,17,18). The minimum Gasteiger partial charge on any atom is -0.477 e. The van der Waals surface area contributed by atoms with Crippen molar-refractivity contribution in [2.45, 2.75) is 53.4 Å². The summed E-state index contributed by atoms with van der Waals surface area (Å²) in [5.41, 5.74) is 1.08. The van der Waals surface area contributed by atoms with E-state index >= 15 is 0 Å². The van der Waals surface area contributed by atoms with Crippen LogP contribution in [0.25, 0.3) is 0 Å². The lowest BCUT2D eigenvalue weighted by Gasteiger charge is -2.17. The van der Waals surface area contributed by atoms with Crippen molar-refractivity contribution in [1.29, 1.82) is 0 Å². The van der Waals surface area contributed by atoms with E-state index in [2.05, 4.69) is 49.9 Å². The number of ether oxygens (including phenoxy) is 1. The first-order chi connectivity index (χ1) is 9.06. The number of rotatable bonds is 8. The maximum Gasteiger partial charge on any atom is 0.222 e. The van der Waals surface area contributed by atoms with Gasteiger partial charge >= 0.3 is 0 Å². The lowest BCUT2D eigenvalue weighted by molar-refractivity contribution is 0.275. The average Bonchev–Trinajstić information content (AvgIpc) is 2.35. The summed E-state index contributed by atoms with van der Waals surface area (Å²) in [7, 11) is 0. The number of aromatic nitrogens is 2. The molecule has 0 fully saturated rings. The van der Waals surface area contributed by atoms with Crippen LogP contribution in [0.2, 0.25) is 0 Å². The van der Waals surface area contributed by atoms with Crippen LogP contribution in [-0.2, 0) is 0 Å². The summed E-state index contributed by atoms with van der Waals surface area (Å²) >= 11 is 0. The number of hydrogen-bond acceptors (Lipinski definition) is 4. The second kappa shape index (κ2) is 7.97. The van der Waals surface area contributed by atoms with E-state index in [4.69, 9.17) is 4.74 Å². The summed E-state index contributed by atoms with van der Waals surface area (Å²) in [6.07, 6.45) is 3.69. The van der Waals surface area contributed by atoms with Gasteiger partial charge in [0.2, 0.25) is 5.88 Å². The van der Waals surface area contributed by atoms with Gasteiger partial charge in [0, 0.05) is 6.54 Å². The highest BCUT2D eigenvalue weighted by molar-refractivity contribution is 5.50. The molecule has 0 aliphatic rings. The van der Waals surface area contributed by atoms with Crippen molar-refractivity contribution in [3.8, 4) is 5.88 Å². The van der Waals surface area contributed by atoms with Crippen LogP contribution in [0.4, 0.5) is 5.82 Å². The largest absolute Gasteiger partial charge is 0.477 e. The van der Waals surface area contributed by atoms with E-state index in [1.807, 2.05) is 0 Å². The highest BCUT2D eigenvalue weighted by Gasteiger charge is 2.15. The summed E-state index contributed by atoms with van der Waals surface area (Å²) in [6.45, 7) is 12.4. The summed E-state index contributed by atoms with van der Waals surface area (Å²) in [4.78, 5) is 8.63. The molecular weight excluding hydrogens is 238 g/mol. The Hall–Kier alpha value is -1.32. The van der Waals surface area contributed by atoms with Gasteiger partial charge in [0.05, 0.1) is 12.2 Å². The SMILES string of the molecule is CCCNc1ncnc(OCCC(C)C)c1C(C)C. The number of hydrogen-bond donors (Lipinski definition) is 1. The predicted molar refractivity (Wildman–Crippen MR) is 79.9 cm³/mol. The van der Waals surface area contributed by atoms with Crippen LogP contribution in [-0.4, -0.2) is 23.1 Å². The normalized spacial score (nSPS) is 11.1. The molecule has 0 aromatic carbocycles. The third-order valence-electron chi connectivity index (χ3n) is 2.90. The molecule has 1 aromatic heterocycles. The molecule has 19 heavy (non-hydrogen) atoms. The second-order valence-corrected chi connectivity index (χ2v) is 5.55. The van der Waals surface area contributed by atoms with Gasteiger partial charge in [0.25, 0.3) is 0 Å². The van der Waals surface area contributed by atoms with Gasteiger partial charge in [-0.15, -0.1) is 0 Å². The Balaban J connectivity index is 2.83. The third-order valence-corrected chi connectivity index (χ3v) is 2.90. The van der Waals surface area contributed by atoms with Crippen molar-refractivity contribution in [2.75, 3.05) is 18.5 Å². The fraction of sp³-hybridized carbons (Fsp3) is 0.733. The molecule has 0 bridgehead atoms. The maximum absolute atomic E-state index is 5.84. The lowest BCUT2D eigenvalue weighted by Crippen LogP contribution is -2.11. The molecule has 1 N–H and O–H groups in total. The fourth-order valence-corrected chi connectivity index (χ4v) is 1.79. The Morgan fingerprint density at radius 3 is 2.53 bits per heavy atom. The summed E-state index contributed by atoms with van der Waals surface area (Å²) < 4.78 is 5.84. The molecule has 0 spiro atoms. The summed E-state index contributed by atoms with van der Waals surface area (Å²) in [6, 6.07) is 0. The second-order valence-electron chi connectivity index (χ2n) is 5.55. The van der Waals surface area contributed by atoms with Crippen LogP contribution in [0.3, 0.4) is 0 Å². The Bertz CT molecular complexity index is 378. The maximum atomic E-state index is 5.84. The Morgan fingerprint density at radius 2 is 1.95 bits per heavy atom. The average molecular weight is 265 g/mol. The molecule has 0 aliphatic carbocycles. The van der Waals surface area contributed by atoms with E-state index in [1.165, 1.54) is 0 Å². The summed E-state index contributed by atoms with van der Waals surface area (Å²) in [5, 5.41) is 3.35. The quantitative estimate of drug-likeness (QED) is 0.775. The zero-order valence-electron chi connectivity index (χ0n) is 12.9. The smallest absolute Gasteiger partial charge is 0.222 e. The highest BCUT2D eigenvalue weighted by atomic mass is 16.5. The van der Waals surface area contributed by atoms with Crippen LogP contribution >= 0.6 is 0 Å². The van der Waals surface area contributed by atoms with Crippen LogP contribution in [0.15, 0.2) is 6.33 Å². The minimum absolute atomic E-state index is 0.342. The van der Waals surface area contributed by atoms with E-state index in [0.29, 0.717) is 18.4 Å². The molecule has 4 heteroatoms. The molecule has 1 aromatic rings. The molecule has 0 atom stereocenters. The molecule has 0 saturated carbocycles. The van der Waals surface area contributed by atoms with Gasteiger partial charge in [-0.05, 0) is 24.7 Å². The number of anilines is 1. The van der Waals surface area contributed by atoms with E-state index < -0.39 is 0 Å².